The van der Waals surface area contributed by atoms with E-state index >= 15 is 0 Å². The molecule has 4 aromatic rings. The molecule has 1 aliphatic rings. The third kappa shape index (κ3) is 8.13. The maximum absolute atomic E-state index is 14.7. The molecule has 0 fully saturated rings. The van der Waals surface area contributed by atoms with Gasteiger partial charge in [-0.1, -0.05) is 79.7 Å². The lowest BCUT2D eigenvalue weighted by Gasteiger charge is -2.34. The second kappa shape index (κ2) is 15.2. The van der Waals surface area contributed by atoms with Crippen LogP contribution < -0.4 is 19.1 Å². The molecule has 1 heterocycles. The Morgan fingerprint density at radius 1 is 0.851 bits per heavy atom. The van der Waals surface area contributed by atoms with Crippen LogP contribution in [0.5, 0.6) is 11.5 Å². The standard InChI is InChI=1S/C37H41N3O6S/c1-4-28(3)38-37(42)33(23-29-14-7-5-8-15-29)39(25-30-16-12-11-13-27(30)2)36(41)26-40(47(43,44)32-17-9-6-10-18-32)31-19-20-34-35(24-31)46-22-21-45-34/h5-20,24,28,33H,4,21-23,25-26H2,1-3H3,(H,38,42). The fourth-order valence-electron chi connectivity index (χ4n) is 5.40. The summed E-state index contributed by atoms with van der Waals surface area (Å²) in [5, 5.41) is 3.07. The van der Waals surface area contributed by atoms with Crippen molar-refractivity contribution in [1.29, 1.82) is 0 Å². The molecule has 1 N–H and O–H groups in total. The summed E-state index contributed by atoms with van der Waals surface area (Å²) in [6.07, 6.45) is 0.957. The van der Waals surface area contributed by atoms with Crippen LogP contribution in [0, 0.1) is 6.92 Å². The van der Waals surface area contributed by atoms with Gasteiger partial charge in [-0.15, -0.1) is 0 Å². The lowest BCUT2D eigenvalue weighted by molar-refractivity contribution is -0.140. The van der Waals surface area contributed by atoms with E-state index in [-0.39, 0.29) is 35.5 Å². The van der Waals surface area contributed by atoms with Crippen molar-refractivity contribution in [3.63, 3.8) is 0 Å². The molecule has 1 aliphatic heterocycles. The van der Waals surface area contributed by atoms with Crippen LogP contribution in [0.1, 0.15) is 37.0 Å². The van der Waals surface area contributed by atoms with Gasteiger partial charge < -0.3 is 19.7 Å². The Morgan fingerprint density at radius 3 is 2.17 bits per heavy atom. The summed E-state index contributed by atoms with van der Waals surface area (Å²) >= 11 is 0. The van der Waals surface area contributed by atoms with E-state index in [2.05, 4.69) is 5.32 Å². The second-order valence-electron chi connectivity index (χ2n) is 11.6. The highest BCUT2D eigenvalue weighted by Gasteiger charge is 2.35. The number of fused-ring (bicyclic) bond motifs is 1. The van der Waals surface area contributed by atoms with Crippen LogP contribution in [0.2, 0.25) is 0 Å². The van der Waals surface area contributed by atoms with Gasteiger partial charge in [0.15, 0.2) is 11.5 Å². The summed E-state index contributed by atoms with van der Waals surface area (Å²) in [4.78, 5) is 30.2. The molecule has 0 aliphatic carbocycles. The number of aryl methyl sites for hydroxylation is 1. The molecule has 2 unspecified atom stereocenters. The maximum atomic E-state index is 14.7. The molecule has 0 radical (unpaired) electrons. The van der Waals surface area contributed by atoms with E-state index in [0.29, 0.717) is 31.1 Å². The number of hydrogen-bond acceptors (Lipinski definition) is 6. The monoisotopic (exact) mass is 655 g/mol. The van der Waals surface area contributed by atoms with E-state index in [9.17, 15) is 18.0 Å². The average Bonchev–Trinajstić information content (AvgIpc) is 3.09. The molecule has 246 valence electrons. The maximum Gasteiger partial charge on any atom is 0.264 e. The van der Waals surface area contributed by atoms with Crippen molar-refractivity contribution in [3.8, 4) is 11.5 Å². The molecular formula is C37H41N3O6S. The van der Waals surface area contributed by atoms with Crippen LogP contribution in [0.3, 0.4) is 0 Å². The lowest BCUT2D eigenvalue weighted by atomic mass is 10.0. The Hall–Kier alpha value is -4.83. The number of carbonyl (C=O) groups excluding carboxylic acids is 2. The zero-order valence-corrected chi connectivity index (χ0v) is 27.8. The SMILES string of the molecule is CCC(C)NC(=O)C(Cc1ccccc1)N(Cc1ccccc1C)C(=O)CN(c1ccc2c(c1)OCCO2)S(=O)(=O)c1ccccc1. The number of amides is 2. The molecule has 0 spiro atoms. The number of hydrogen-bond donors (Lipinski definition) is 1. The number of anilines is 1. The van der Waals surface area contributed by atoms with Crippen molar-refractivity contribution in [3.05, 3.63) is 120 Å². The second-order valence-corrected chi connectivity index (χ2v) is 13.5. The third-order valence-corrected chi connectivity index (χ3v) is 10.1. The molecule has 0 saturated heterocycles. The van der Waals surface area contributed by atoms with E-state index in [4.69, 9.17) is 9.47 Å². The van der Waals surface area contributed by atoms with Crippen molar-refractivity contribution < 1.29 is 27.5 Å². The predicted octanol–water partition coefficient (Wildman–Crippen LogP) is 5.52. The average molecular weight is 656 g/mol. The highest BCUT2D eigenvalue weighted by Crippen LogP contribution is 2.36. The minimum absolute atomic E-state index is 0.0310. The zero-order valence-electron chi connectivity index (χ0n) is 27.0. The number of benzene rings is 4. The minimum atomic E-state index is -4.23. The van der Waals surface area contributed by atoms with Gasteiger partial charge in [0.05, 0.1) is 10.6 Å². The molecule has 47 heavy (non-hydrogen) atoms. The Morgan fingerprint density at radius 2 is 1.49 bits per heavy atom. The summed E-state index contributed by atoms with van der Waals surface area (Å²) in [7, 11) is -4.23. The Kier molecular flexibility index (Phi) is 10.8. The topological polar surface area (TPSA) is 105 Å². The normalized spacial score (nSPS) is 13.7. The Balaban J connectivity index is 1.59. The van der Waals surface area contributed by atoms with E-state index in [1.807, 2.05) is 75.4 Å². The molecule has 2 atom stereocenters. The molecule has 0 aromatic heterocycles. The summed E-state index contributed by atoms with van der Waals surface area (Å²) in [6, 6.07) is 29.0. The van der Waals surface area contributed by atoms with Gasteiger partial charge in [-0.25, -0.2) is 8.42 Å². The highest BCUT2D eigenvalue weighted by atomic mass is 32.2. The van der Waals surface area contributed by atoms with Crippen LogP contribution in [0.25, 0.3) is 0 Å². The van der Waals surface area contributed by atoms with Gasteiger partial charge in [0.1, 0.15) is 25.8 Å². The van der Waals surface area contributed by atoms with Gasteiger partial charge in [-0.3, -0.25) is 13.9 Å². The van der Waals surface area contributed by atoms with Crippen LogP contribution >= 0.6 is 0 Å². The van der Waals surface area contributed by atoms with Crippen LogP contribution in [-0.2, 0) is 32.6 Å². The van der Waals surface area contributed by atoms with Gasteiger partial charge >= 0.3 is 0 Å². The van der Waals surface area contributed by atoms with Crippen molar-refractivity contribution in [2.75, 3.05) is 24.1 Å². The van der Waals surface area contributed by atoms with Crippen molar-refractivity contribution in [2.45, 2.75) is 57.1 Å². The van der Waals surface area contributed by atoms with Gasteiger partial charge in [-0.2, -0.15) is 0 Å². The van der Waals surface area contributed by atoms with Gasteiger partial charge in [-0.05, 0) is 61.2 Å². The minimum Gasteiger partial charge on any atom is -0.486 e. The Bertz CT molecular complexity index is 1780. The fraction of sp³-hybridized carbons (Fsp3) is 0.297. The Labute approximate surface area is 277 Å². The number of carbonyl (C=O) groups is 2. The number of sulfonamides is 1. The van der Waals surface area contributed by atoms with Crippen LogP contribution in [-0.4, -0.2) is 57.0 Å². The number of ether oxygens (including phenoxy) is 2. The summed E-state index contributed by atoms with van der Waals surface area (Å²) in [5.41, 5.74) is 2.92. The lowest BCUT2D eigenvalue weighted by Crippen LogP contribution is -2.54. The first-order valence-corrected chi connectivity index (χ1v) is 17.3. The number of nitrogens with one attached hydrogen (secondary N) is 1. The molecule has 10 heteroatoms. The van der Waals surface area contributed by atoms with Crippen LogP contribution in [0.4, 0.5) is 5.69 Å². The van der Waals surface area contributed by atoms with Crippen LogP contribution in [0.15, 0.2) is 108 Å². The first kappa shape index (κ1) is 33.5. The van der Waals surface area contributed by atoms with Crippen molar-refractivity contribution in [1.82, 2.24) is 10.2 Å². The summed E-state index contributed by atoms with van der Waals surface area (Å²) < 4.78 is 41.0. The number of rotatable bonds is 13. The molecule has 2 amide bonds. The first-order chi connectivity index (χ1) is 22.7. The molecule has 0 saturated carbocycles. The van der Waals surface area contributed by atoms with Crippen molar-refractivity contribution >= 4 is 27.5 Å². The molecule has 0 bridgehead atoms. The summed E-state index contributed by atoms with van der Waals surface area (Å²) in [5.74, 6) is 0.0557. The highest BCUT2D eigenvalue weighted by molar-refractivity contribution is 7.92. The van der Waals surface area contributed by atoms with Gasteiger partial charge in [0, 0.05) is 25.1 Å². The predicted molar refractivity (Wildman–Crippen MR) is 182 cm³/mol. The first-order valence-electron chi connectivity index (χ1n) is 15.8. The van der Waals surface area contributed by atoms with E-state index in [0.717, 1.165) is 21.0 Å². The molecular weight excluding hydrogens is 614 g/mol. The molecule has 5 rings (SSSR count). The number of nitrogens with zero attached hydrogens (tertiary/aromatic N) is 2. The molecule has 9 nitrogen and oxygen atoms in total. The zero-order chi connectivity index (χ0) is 33.4. The quantitative estimate of drug-likeness (QED) is 0.204. The van der Waals surface area contributed by atoms with Gasteiger partial charge in [0.2, 0.25) is 11.8 Å². The fourth-order valence-corrected chi connectivity index (χ4v) is 6.83. The largest absolute Gasteiger partial charge is 0.486 e. The van der Waals surface area contributed by atoms with E-state index < -0.39 is 28.5 Å². The third-order valence-electron chi connectivity index (χ3n) is 8.30. The van der Waals surface area contributed by atoms with Crippen molar-refractivity contribution in [2.24, 2.45) is 0 Å². The molecule has 4 aromatic carbocycles. The van der Waals surface area contributed by atoms with E-state index in [1.54, 1.807) is 36.4 Å². The van der Waals surface area contributed by atoms with E-state index in [1.165, 1.54) is 17.0 Å². The summed E-state index contributed by atoms with van der Waals surface area (Å²) in [6.45, 7) is 6.10. The smallest absolute Gasteiger partial charge is 0.264 e. The van der Waals surface area contributed by atoms with Gasteiger partial charge in [0.25, 0.3) is 10.0 Å².